The van der Waals surface area contributed by atoms with Crippen LogP contribution in [0.25, 0.3) is 0 Å². The highest BCUT2D eigenvalue weighted by Crippen LogP contribution is 2.15. The number of aryl methyl sites for hydroxylation is 1. The molecule has 0 bridgehead atoms. The molecule has 0 unspecified atom stereocenters. The smallest absolute Gasteiger partial charge is 0.342 e. The minimum Gasteiger partial charge on any atom is -0.469 e. The summed E-state index contributed by atoms with van der Waals surface area (Å²) in [6.07, 6.45) is 0.412. The molecular weight excluding hydrogens is 312 g/mol. The zero-order valence-corrected chi connectivity index (χ0v) is 13.6. The van der Waals surface area contributed by atoms with E-state index in [9.17, 15) is 14.4 Å². The highest BCUT2D eigenvalue weighted by atomic mass is 16.5. The monoisotopic (exact) mass is 330 g/mol. The van der Waals surface area contributed by atoms with E-state index in [-0.39, 0.29) is 11.5 Å². The topological polar surface area (TPSA) is 97.6 Å². The van der Waals surface area contributed by atoms with Crippen LogP contribution in [0.1, 0.15) is 30.0 Å². The zero-order valence-electron chi connectivity index (χ0n) is 13.6. The Labute approximate surface area is 139 Å². The summed E-state index contributed by atoms with van der Waals surface area (Å²) in [5.74, 6) is -0.829. The fraction of sp³-hybridized carbons (Fsp3) is 0.235. The van der Waals surface area contributed by atoms with Crippen LogP contribution in [0.2, 0.25) is 0 Å². The van der Waals surface area contributed by atoms with Crippen LogP contribution in [0.4, 0.5) is 11.4 Å². The van der Waals surface area contributed by atoms with E-state index in [1.165, 1.54) is 26.2 Å². The number of ether oxygens (including phenoxy) is 1. The van der Waals surface area contributed by atoms with E-state index in [2.05, 4.69) is 10.6 Å². The van der Waals surface area contributed by atoms with Gasteiger partial charge in [-0.2, -0.15) is 0 Å². The molecule has 1 heterocycles. The number of esters is 1. The van der Waals surface area contributed by atoms with Crippen molar-refractivity contribution in [1.29, 1.82) is 0 Å². The molecule has 1 aromatic heterocycles. The van der Waals surface area contributed by atoms with Gasteiger partial charge < -0.3 is 19.8 Å². The molecule has 0 saturated carbocycles. The van der Waals surface area contributed by atoms with E-state index >= 15 is 0 Å². The minimum absolute atomic E-state index is 0.179. The summed E-state index contributed by atoms with van der Waals surface area (Å²) in [6, 6.07) is 8.07. The highest BCUT2D eigenvalue weighted by Gasteiger charge is 2.21. The van der Waals surface area contributed by atoms with Crippen molar-refractivity contribution in [3.8, 4) is 0 Å². The SMILES string of the molecule is CC(=O)Nc1ccc(NC(=O)[C@@H](C)OC(=O)c2ccoc2C)cc1. The van der Waals surface area contributed by atoms with Crippen molar-refractivity contribution in [2.24, 2.45) is 0 Å². The predicted octanol–water partition coefficient (Wildman–Crippen LogP) is 2.73. The first-order chi connectivity index (χ1) is 11.4. The molecule has 2 amide bonds. The van der Waals surface area contributed by atoms with Gasteiger partial charge >= 0.3 is 5.97 Å². The second kappa shape index (κ2) is 7.45. The fourth-order valence-corrected chi connectivity index (χ4v) is 1.96. The number of benzene rings is 1. The number of hydrogen-bond donors (Lipinski definition) is 2. The van der Waals surface area contributed by atoms with Crippen molar-refractivity contribution in [1.82, 2.24) is 0 Å². The third-order valence-electron chi connectivity index (χ3n) is 3.20. The minimum atomic E-state index is -0.971. The van der Waals surface area contributed by atoms with E-state index in [1.54, 1.807) is 31.2 Å². The summed E-state index contributed by atoms with van der Waals surface area (Å²) < 4.78 is 10.1. The molecule has 0 fully saturated rings. The lowest BCUT2D eigenvalue weighted by Gasteiger charge is -2.13. The Morgan fingerprint density at radius 1 is 1.04 bits per heavy atom. The summed E-state index contributed by atoms with van der Waals surface area (Å²) in [5.41, 5.74) is 1.43. The number of carbonyl (C=O) groups is 3. The average molecular weight is 330 g/mol. The fourth-order valence-electron chi connectivity index (χ4n) is 1.96. The van der Waals surface area contributed by atoms with Crippen molar-refractivity contribution in [2.75, 3.05) is 10.6 Å². The predicted molar refractivity (Wildman–Crippen MR) is 87.7 cm³/mol. The summed E-state index contributed by atoms with van der Waals surface area (Å²) in [7, 11) is 0. The van der Waals surface area contributed by atoms with Gasteiger partial charge in [0.1, 0.15) is 11.3 Å². The maximum Gasteiger partial charge on any atom is 0.342 e. The second-order valence-corrected chi connectivity index (χ2v) is 5.19. The molecule has 0 spiro atoms. The van der Waals surface area contributed by atoms with Crippen LogP contribution in [0.3, 0.4) is 0 Å². The molecule has 0 aliphatic heterocycles. The number of carbonyl (C=O) groups excluding carboxylic acids is 3. The molecule has 24 heavy (non-hydrogen) atoms. The number of hydrogen-bond acceptors (Lipinski definition) is 5. The van der Waals surface area contributed by atoms with Crippen molar-refractivity contribution >= 4 is 29.2 Å². The van der Waals surface area contributed by atoms with E-state index in [4.69, 9.17) is 9.15 Å². The van der Waals surface area contributed by atoms with Crippen molar-refractivity contribution in [2.45, 2.75) is 26.9 Å². The lowest BCUT2D eigenvalue weighted by molar-refractivity contribution is -0.123. The molecule has 7 nitrogen and oxygen atoms in total. The molecule has 0 radical (unpaired) electrons. The van der Waals surface area contributed by atoms with Crippen molar-refractivity contribution in [3.63, 3.8) is 0 Å². The summed E-state index contributed by atoms with van der Waals surface area (Å²) in [6.45, 7) is 4.53. The quantitative estimate of drug-likeness (QED) is 0.822. The summed E-state index contributed by atoms with van der Waals surface area (Å²) in [4.78, 5) is 35.0. The van der Waals surface area contributed by atoms with Crippen LogP contribution >= 0.6 is 0 Å². The maximum atomic E-state index is 12.1. The first-order valence-electron chi connectivity index (χ1n) is 7.30. The Balaban J connectivity index is 1.92. The lowest BCUT2D eigenvalue weighted by atomic mass is 10.2. The molecule has 0 aliphatic rings. The van der Waals surface area contributed by atoms with Gasteiger partial charge in [0.25, 0.3) is 5.91 Å². The molecule has 7 heteroatoms. The van der Waals surface area contributed by atoms with Gasteiger partial charge in [-0.25, -0.2) is 4.79 Å². The number of rotatable bonds is 5. The van der Waals surface area contributed by atoms with Gasteiger partial charge in [-0.05, 0) is 44.2 Å². The normalized spacial score (nSPS) is 11.5. The van der Waals surface area contributed by atoms with Crippen molar-refractivity contribution in [3.05, 3.63) is 47.9 Å². The average Bonchev–Trinajstić information content (AvgIpc) is 2.94. The number of furan rings is 1. The standard InChI is InChI=1S/C17H18N2O5/c1-10-15(8-9-23-10)17(22)24-11(2)16(21)19-14-6-4-13(5-7-14)18-12(3)20/h4-9,11H,1-3H3,(H,18,20)(H,19,21)/t11-/m1/s1. The number of nitrogens with one attached hydrogen (secondary N) is 2. The van der Waals surface area contributed by atoms with Crippen LogP contribution in [0.5, 0.6) is 0 Å². The number of anilines is 2. The molecule has 2 rings (SSSR count). The van der Waals surface area contributed by atoms with Crippen LogP contribution in [-0.4, -0.2) is 23.9 Å². The molecule has 0 saturated heterocycles. The third kappa shape index (κ3) is 4.45. The van der Waals surface area contributed by atoms with Crippen LogP contribution < -0.4 is 10.6 Å². The Morgan fingerprint density at radius 2 is 1.62 bits per heavy atom. The molecule has 126 valence electrons. The first kappa shape index (κ1) is 17.3. The first-order valence-corrected chi connectivity index (χ1v) is 7.30. The molecule has 1 atom stereocenters. The molecule has 0 aliphatic carbocycles. The Hall–Kier alpha value is -3.09. The highest BCUT2D eigenvalue weighted by molar-refractivity contribution is 5.98. The van der Waals surface area contributed by atoms with E-state index in [0.29, 0.717) is 17.1 Å². The Bertz CT molecular complexity index is 749. The van der Waals surface area contributed by atoms with Crippen LogP contribution in [0, 0.1) is 6.92 Å². The molecule has 2 aromatic rings. The van der Waals surface area contributed by atoms with Crippen LogP contribution in [0.15, 0.2) is 41.0 Å². The third-order valence-corrected chi connectivity index (χ3v) is 3.20. The molecule has 1 aromatic carbocycles. The molecule has 2 N–H and O–H groups in total. The lowest BCUT2D eigenvalue weighted by Crippen LogP contribution is -2.30. The summed E-state index contributed by atoms with van der Waals surface area (Å²) in [5, 5.41) is 5.26. The Morgan fingerprint density at radius 3 is 2.12 bits per heavy atom. The van der Waals surface area contributed by atoms with E-state index < -0.39 is 18.0 Å². The second-order valence-electron chi connectivity index (χ2n) is 5.19. The van der Waals surface area contributed by atoms with Crippen molar-refractivity contribution < 1.29 is 23.5 Å². The van der Waals surface area contributed by atoms with Gasteiger partial charge in [-0.1, -0.05) is 0 Å². The largest absolute Gasteiger partial charge is 0.469 e. The van der Waals surface area contributed by atoms with Gasteiger partial charge in [0, 0.05) is 18.3 Å². The van der Waals surface area contributed by atoms with Gasteiger partial charge in [0.15, 0.2) is 6.10 Å². The van der Waals surface area contributed by atoms with Gasteiger partial charge in [0.2, 0.25) is 5.91 Å². The van der Waals surface area contributed by atoms with Gasteiger partial charge in [-0.15, -0.1) is 0 Å². The van der Waals surface area contributed by atoms with Gasteiger partial charge in [-0.3, -0.25) is 9.59 Å². The maximum absolute atomic E-state index is 12.1. The Kier molecular flexibility index (Phi) is 5.36. The van der Waals surface area contributed by atoms with E-state index in [0.717, 1.165) is 0 Å². The van der Waals surface area contributed by atoms with Gasteiger partial charge in [0.05, 0.1) is 6.26 Å². The number of amides is 2. The van der Waals surface area contributed by atoms with Crippen LogP contribution in [-0.2, 0) is 14.3 Å². The zero-order chi connectivity index (χ0) is 17.7. The van der Waals surface area contributed by atoms with E-state index in [1.807, 2.05) is 0 Å². The molecular formula is C17H18N2O5. The summed E-state index contributed by atoms with van der Waals surface area (Å²) >= 11 is 0.